The quantitative estimate of drug-likeness (QED) is 0.833. The lowest BCUT2D eigenvalue weighted by molar-refractivity contribution is 0.400. The highest BCUT2D eigenvalue weighted by Crippen LogP contribution is 2.33. The molecule has 0 unspecified atom stereocenters. The van der Waals surface area contributed by atoms with Gasteiger partial charge >= 0.3 is 0 Å². The maximum absolute atomic E-state index is 13.7. The lowest BCUT2D eigenvalue weighted by Crippen LogP contribution is -2.34. The van der Waals surface area contributed by atoms with Crippen LogP contribution in [0.1, 0.15) is 26.2 Å². The number of nitrogen functional groups attached to an aromatic ring is 1. The maximum atomic E-state index is 13.7. The van der Waals surface area contributed by atoms with Crippen molar-refractivity contribution in [3.05, 3.63) is 24.0 Å². The second-order valence-corrected chi connectivity index (χ2v) is 6.40. The molecule has 0 saturated heterocycles. The van der Waals surface area contributed by atoms with Gasteiger partial charge in [0.2, 0.25) is 10.0 Å². The van der Waals surface area contributed by atoms with E-state index in [2.05, 4.69) is 0 Å². The molecule has 1 saturated carbocycles. The third kappa shape index (κ3) is 2.49. The van der Waals surface area contributed by atoms with Crippen molar-refractivity contribution in [1.29, 1.82) is 0 Å². The summed E-state index contributed by atoms with van der Waals surface area (Å²) < 4.78 is 39.9. The number of hydrogen-bond donors (Lipinski definition) is 1. The van der Waals surface area contributed by atoms with Gasteiger partial charge in [-0.15, -0.1) is 0 Å². The molecule has 0 aliphatic heterocycles. The number of rotatable bonds is 5. The molecule has 1 aromatic carbocycles. The van der Waals surface area contributed by atoms with Crippen LogP contribution >= 0.6 is 0 Å². The van der Waals surface area contributed by atoms with Gasteiger partial charge in [0.1, 0.15) is 10.7 Å². The monoisotopic (exact) mass is 272 g/mol. The molecule has 1 aromatic rings. The molecule has 18 heavy (non-hydrogen) atoms. The van der Waals surface area contributed by atoms with Crippen LogP contribution in [0, 0.1) is 5.82 Å². The average molecular weight is 272 g/mol. The van der Waals surface area contributed by atoms with Crippen molar-refractivity contribution < 1.29 is 12.8 Å². The molecule has 2 N–H and O–H groups in total. The van der Waals surface area contributed by atoms with Crippen molar-refractivity contribution in [2.24, 2.45) is 0 Å². The third-order valence-corrected chi connectivity index (χ3v) is 4.93. The van der Waals surface area contributed by atoms with E-state index in [9.17, 15) is 12.8 Å². The van der Waals surface area contributed by atoms with Crippen molar-refractivity contribution in [2.75, 3.05) is 12.3 Å². The zero-order valence-corrected chi connectivity index (χ0v) is 11.1. The summed E-state index contributed by atoms with van der Waals surface area (Å²) in [4.78, 5) is -0.281. The molecule has 2 rings (SSSR count). The van der Waals surface area contributed by atoms with E-state index < -0.39 is 15.8 Å². The summed E-state index contributed by atoms with van der Waals surface area (Å²) >= 11 is 0. The van der Waals surface area contributed by atoms with E-state index in [1.807, 2.05) is 6.92 Å². The number of benzene rings is 1. The van der Waals surface area contributed by atoms with E-state index in [-0.39, 0.29) is 16.6 Å². The summed E-state index contributed by atoms with van der Waals surface area (Å²) in [5.74, 6) is -0.781. The summed E-state index contributed by atoms with van der Waals surface area (Å²) in [7, 11) is -3.74. The molecule has 0 atom stereocenters. The Kier molecular flexibility index (Phi) is 3.59. The van der Waals surface area contributed by atoms with Gasteiger partial charge in [0.25, 0.3) is 0 Å². The lowest BCUT2D eigenvalue weighted by Gasteiger charge is -2.21. The first-order valence-corrected chi connectivity index (χ1v) is 7.47. The predicted molar refractivity (Wildman–Crippen MR) is 68.0 cm³/mol. The third-order valence-electron chi connectivity index (χ3n) is 2.94. The minimum Gasteiger partial charge on any atom is -0.399 e. The Labute approximate surface area is 107 Å². The van der Waals surface area contributed by atoms with Crippen LogP contribution in [0.4, 0.5) is 10.1 Å². The van der Waals surface area contributed by atoms with Gasteiger partial charge in [-0.2, -0.15) is 4.31 Å². The normalized spacial score (nSPS) is 16.2. The second-order valence-electron chi connectivity index (χ2n) is 4.54. The number of nitrogens with zero attached hydrogens (tertiary/aromatic N) is 1. The van der Waals surface area contributed by atoms with Gasteiger partial charge in [-0.3, -0.25) is 0 Å². The van der Waals surface area contributed by atoms with E-state index in [4.69, 9.17) is 5.73 Å². The molecule has 100 valence electrons. The molecule has 0 bridgehead atoms. The summed E-state index contributed by atoms with van der Waals surface area (Å²) in [6.45, 7) is 2.33. The number of hydrogen-bond acceptors (Lipinski definition) is 3. The minimum atomic E-state index is -3.74. The van der Waals surface area contributed by atoms with Crippen LogP contribution in [0.25, 0.3) is 0 Å². The van der Waals surface area contributed by atoms with Gasteiger partial charge in [-0.1, -0.05) is 6.92 Å². The number of sulfonamides is 1. The summed E-state index contributed by atoms with van der Waals surface area (Å²) in [5, 5.41) is 0. The molecule has 1 fully saturated rings. The molecular formula is C12H17FN2O2S. The van der Waals surface area contributed by atoms with Crippen LogP contribution in [-0.4, -0.2) is 25.3 Å². The van der Waals surface area contributed by atoms with Crippen LogP contribution in [0.2, 0.25) is 0 Å². The van der Waals surface area contributed by atoms with Gasteiger partial charge in [0.15, 0.2) is 0 Å². The smallest absolute Gasteiger partial charge is 0.246 e. The first kappa shape index (κ1) is 13.3. The zero-order chi connectivity index (χ0) is 13.3. The van der Waals surface area contributed by atoms with E-state index in [0.717, 1.165) is 18.9 Å². The molecule has 0 radical (unpaired) electrons. The Bertz CT molecular complexity index is 541. The van der Waals surface area contributed by atoms with Crippen molar-refractivity contribution in [3.8, 4) is 0 Å². The minimum absolute atomic E-state index is 0.0342. The Balaban J connectivity index is 2.39. The van der Waals surface area contributed by atoms with Gasteiger partial charge in [-0.25, -0.2) is 12.8 Å². The van der Waals surface area contributed by atoms with Crippen molar-refractivity contribution in [2.45, 2.75) is 37.1 Å². The highest BCUT2D eigenvalue weighted by molar-refractivity contribution is 7.89. The van der Waals surface area contributed by atoms with Gasteiger partial charge < -0.3 is 5.73 Å². The topological polar surface area (TPSA) is 63.4 Å². The van der Waals surface area contributed by atoms with Crippen molar-refractivity contribution in [1.82, 2.24) is 4.31 Å². The van der Waals surface area contributed by atoms with E-state index >= 15 is 0 Å². The predicted octanol–water partition coefficient (Wildman–Crippen LogP) is 1.97. The largest absolute Gasteiger partial charge is 0.399 e. The van der Waals surface area contributed by atoms with Crippen LogP contribution in [0.15, 0.2) is 23.1 Å². The fraction of sp³-hybridized carbons (Fsp3) is 0.500. The van der Waals surface area contributed by atoms with Crippen molar-refractivity contribution in [3.63, 3.8) is 0 Å². The molecule has 1 aliphatic rings. The Morgan fingerprint density at radius 2 is 2.11 bits per heavy atom. The summed E-state index contributed by atoms with van der Waals surface area (Å²) in [6, 6.07) is 3.73. The average Bonchev–Trinajstić information content (AvgIpc) is 3.08. The molecular weight excluding hydrogens is 255 g/mol. The molecule has 4 nitrogen and oxygen atoms in total. The molecule has 0 spiro atoms. The summed E-state index contributed by atoms with van der Waals surface area (Å²) in [5.41, 5.74) is 5.65. The Morgan fingerprint density at radius 1 is 1.44 bits per heavy atom. The second kappa shape index (κ2) is 4.85. The fourth-order valence-electron chi connectivity index (χ4n) is 1.93. The molecule has 0 aromatic heterocycles. The Hall–Kier alpha value is -1.14. The number of halogens is 1. The lowest BCUT2D eigenvalue weighted by atomic mass is 10.3. The standard InChI is InChI=1S/C12H17FN2O2S/c1-2-7-15(10-4-5-10)18(16,17)12-6-3-9(14)8-11(12)13/h3,6,8,10H,2,4-5,7,14H2,1H3. The van der Waals surface area contributed by atoms with Crippen molar-refractivity contribution >= 4 is 15.7 Å². The highest BCUT2D eigenvalue weighted by Gasteiger charge is 2.38. The molecule has 0 heterocycles. The Morgan fingerprint density at radius 3 is 2.61 bits per heavy atom. The SMILES string of the molecule is CCCN(C1CC1)S(=O)(=O)c1ccc(N)cc1F. The van der Waals surface area contributed by atoms with Gasteiger partial charge in [0, 0.05) is 18.3 Å². The molecule has 0 amide bonds. The van der Waals surface area contributed by atoms with Crippen LogP contribution < -0.4 is 5.73 Å². The molecule has 6 heteroatoms. The van der Waals surface area contributed by atoms with E-state index in [1.54, 1.807) is 0 Å². The highest BCUT2D eigenvalue weighted by atomic mass is 32.2. The fourth-order valence-corrected chi connectivity index (χ4v) is 3.76. The summed E-state index contributed by atoms with van der Waals surface area (Å²) in [6.07, 6.45) is 2.43. The van der Waals surface area contributed by atoms with Gasteiger partial charge in [0.05, 0.1) is 0 Å². The van der Waals surface area contributed by atoms with E-state index in [1.165, 1.54) is 16.4 Å². The van der Waals surface area contributed by atoms with Crippen LogP contribution in [0.5, 0.6) is 0 Å². The van der Waals surface area contributed by atoms with Crippen LogP contribution in [0.3, 0.4) is 0 Å². The van der Waals surface area contributed by atoms with Crippen LogP contribution in [-0.2, 0) is 10.0 Å². The van der Waals surface area contributed by atoms with Gasteiger partial charge in [-0.05, 0) is 37.5 Å². The molecule has 1 aliphatic carbocycles. The number of nitrogens with two attached hydrogens (primary N) is 1. The van der Waals surface area contributed by atoms with E-state index in [0.29, 0.717) is 13.0 Å². The number of anilines is 1. The maximum Gasteiger partial charge on any atom is 0.246 e. The zero-order valence-electron chi connectivity index (χ0n) is 10.3. The first-order chi connectivity index (χ1) is 8.46. The first-order valence-electron chi connectivity index (χ1n) is 6.03.